The molecule has 0 aliphatic carbocycles. The van der Waals surface area contributed by atoms with Crippen LogP contribution in [0.2, 0.25) is 0 Å². The Bertz CT molecular complexity index is 1070. The first-order valence-corrected chi connectivity index (χ1v) is 9.82. The first-order valence-electron chi connectivity index (χ1n) is 8.32. The van der Waals surface area contributed by atoms with Gasteiger partial charge in [-0.25, -0.2) is 12.7 Å². The van der Waals surface area contributed by atoms with E-state index in [-0.39, 0.29) is 0 Å². The van der Waals surface area contributed by atoms with Crippen molar-refractivity contribution in [2.75, 3.05) is 4.31 Å². The van der Waals surface area contributed by atoms with Gasteiger partial charge in [0, 0.05) is 10.8 Å². The molecule has 3 aromatic rings. The highest BCUT2D eigenvalue weighted by Crippen LogP contribution is 2.47. The highest BCUT2D eigenvalue weighted by molar-refractivity contribution is 7.93. The molecule has 1 aliphatic rings. The standard InChI is InChI=1S/C20H20N2O2S/c1-14-20(2,3)17-9-5-7-11-19(17)22(25(14,23)24)16-12-15-8-4-6-10-18(15)21-13-16/h4-14H,1-3H3. The van der Waals surface area contributed by atoms with Gasteiger partial charge in [-0.1, -0.05) is 50.2 Å². The summed E-state index contributed by atoms with van der Waals surface area (Å²) in [6.07, 6.45) is 1.64. The molecular formula is C20H20N2O2S. The smallest absolute Gasteiger partial charge is 0.243 e. The molecule has 0 radical (unpaired) electrons. The minimum atomic E-state index is -3.55. The van der Waals surface area contributed by atoms with Crippen LogP contribution < -0.4 is 4.31 Å². The second-order valence-electron chi connectivity index (χ2n) is 7.08. The fraction of sp³-hybridized carbons (Fsp3) is 0.250. The quantitative estimate of drug-likeness (QED) is 0.653. The maximum absolute atomic E-state index is 13.3. The molecule has 1 aromatic heterocycles. The first-order chi connectivity index (χ1) is 11.8. The van der Waals surface area contributed by atoms with Crippen molar-refractivity contribution in [3.05, 3.63) is 66.4 Å². The van der Waals surface area contributed by atoms with Gasteiger partial charge < -0.3 is 0 Å². The fourth-order valence-corrected chi connectivity index (χ4v) is 5.55. The number of rotatable bonds is 1. The number of pyridine rings is 1. The lowest BCUT2D eigenvalue weighted by molar-refractivity contribution is 0.475. The maximum Gasteiger partial charge on any atom is 0.243 e. The van der Waals surface area contributed by atoms with Crippen molar-refractivity contribution in [1.82, 2.24) is 4.98 Å². The van der Waals surface area contributed by atoms with Gasteiger partial charge in [0.05, 0.1) is 28.3 Å². The molecule has 0 saturated carbocycles. The van der Waals surface area contributed by atoms with Gasteiger partial charge in [-0.3, -0.25) is 4.98 Å². The van der Waals surface area contributed by atoms with Crippen LogP contribution in [0.4, 0.5) is 11.4 Å². The molecule has 2 heterocycles. The van der Waals surface area contributed by atoms with E-state index in [1.54, 1.807) is 13.1 Å². The summed E-state index contributed by atoms with van der Waals surface area (Å²) in [6, 6.07) is 17.3. The van der Waals surface area contributed by atoms with Gasteiger partial charge in [-0.15, -0.1) is 0 Å². The molecule has 1 aliphatic heterocycles. The van der Waals surface area contributed by atoms with Crippen LogP contribution >= 0.6 is 0 Å². The number of para-hydroxylation sites is 2. The van der Waals surface area contributed by atoms with Crippen LogP contribution in [0.1, 0.15) is 26.3 Å². The van der Waals surface area contributed by atoms with Gasteiger partial charge in [0.25, 0.3) is 0 Å². The zero-order chi connectivity index (χ0) is 17.8. The predicted octanol–water partition coefficient (Wildman–Crippen LogP) is 4.38. The topological polar surface area (TPSA) is 50.3 Å². The molecule has 25 heavy (non-hydrogen) atoms. The van der Waals surface area contributed by atoms with E-state index in [0.29, 0.717) is 11.4 Å². The van der Waals surface area contributed by atoms with E-state index >= 15 is 0 Å². The van der Waals surface area contributed by atoms with Crippen LogP contribution in [0.3, 0.4) is 0 Å². The van der Waals surface area contributed by atoms with Crippen molar-refractivity contribution in [3.8, 4) is 0 Å². The van der Waals surface area contributed by atoms with E-state index in [2.05, 4.69) is 4.98 Å². The third-order valence-corrected chi connectivity index (χ3v) is 7.74. The molecule has 1 unspecified atom stereocenters. The SMILES string of the molecule is CC1C(C)(C)c2ccccc2N(c2cnc3ccccc3c2)S1(=O)=O. The third-order valence-electron chi connectivity index (χ3n) is 5.35. The van der Waals surface area contributed by atoms with Crippen LogP contribution in [0.25, 0.3) is 10.9 Å². The number of aromatic nitrogens is 1. The maximum atomic E-state index is 13.3. The number of anilines is 2. The second-order valence-corrected chi connectivity index (χ2v) is 9.18. The summed E-state index contributed by atoms with van der Waals surface area (Å²) in [5.74, 6) is 0. The van der Waals surface area contributed by atoms with E-state index in [4.69, 9.17) is 0 Å². The van der Waals surface area contributed by atoms with E-state index in [1.807, 2.05) is 68.4 Å². The Labute approximate surface area is 148 Å². The number of sulfonamides is 1. The lowest BCUT2D eigenvalue weighted by atomic mass is 9.80. The number of benzene rings is 2. The Morgan fingerprint density at radius 3 is 2.52 bits per heavy atom. The Hall–Kier alpha value is -2.40. The van der Waals surface area contributed by atoms with Crippen molar-refractivity contribution in [1.29, 1.82) is 0 Å². The lowest BCUT2D eigenvalue weighted by Crippen LogP contribution is -2.49. The molecule has 128 valence electrons. The fourth-order valence-electron chi connectivity index (χ4n) is 3.54. The third kappa shape index (κ3) is 2.26. The number of nitrogens with zero attached hydrogens (tertiary/aromatic N) is 2. The van der Waals surface area contributed by atoms with Gasteiger partial charge >= 0.3 is 0 Å². The Morgan fingerprint density at radius 2 is 1.72 bits per heavy atom. The molecule has 1 atom stereocenters. The van der Waals surface area contributed by atoms with Crippen LogP contribution in [-0.4, -0.2) is 18.7 Å². The summed E-state index contributed by atoms with van der Waals surface area (Å²) in [5.41, 5.74) is 2.71. The molecule has 4 nitrogen and oxygen atoms in total. The molecule has 0 spiro atoms. The van der Waals surface area contributed by atoms with Crippen LogP contribution in [0, 0.1) is 0 Å². The largest absolute Gasteiger partial charge is 0.254 e. The number of hydrogen-bond acceptors (Lipinski definition) is 3. The molecule has 0 saturated heterocycles. The van der Waals surface area contributed by atoms with Gasteiger partial charge in [0.1, 0.15) is 0 Å². The molecule has 0 bridgehead atoms. The van der Waals surface area contributed by atoms with Gasteiger partial charge in [-0.05, 0) is 30.7 Å². The molecule has 2 aromatic carbocycles. The molecule has 5 heteroatoms. The van der Waals surface area contributed by atoms with Crippen molar-refractivity contribution < 1.29 is 8.42 Å². The summed E-state index contributed by atoms with van der Waals surface area (Å²) in [4.78, 5) is 4.45. The Kier molecular flexibility index (Phi) is 3.41. The molecule has 4 rings (SSSR count). The minimum Gasteiger partial charge on any atom is -0.254 e. The summed E-state index contributed by atoms with van der Waals surface area (Å²) in [5, 5.41) is 0.381. The van der Waals surface area contributed by atoms with E-state index in [0.717, 1.165) is 16.5 Å². The van der Waals surface area contributed by atoms with Gasteiger partial charge in [0.2, 0.25) is 10.0 Å². The number of fused-ring (bicyclic) bond motifs is 2. The highest BCUT2D eigenvalue weighted by atomic mass is 32.2. The van der Waals surface area contributed by atoms with Gasteiger partial charge in [0.15, 0.2) is 0 Å². The molecule has 0 amide bonds. The minimum absolute atomic E-state index is 0.462. The lowest BCUT2D eigenvalue weighted by Gasteiger charge is -2.43. The van der Waals surface area contributed by atoms with Gasteiger partial charge in [-0.2, -0.15) is 0 Å². The summed E-state index contributed by atoms with van der Waals surface area (Å²) < 4.78 is 28.1. The van der Waals surface area contributed by atoms with Crippen molar-refractivity contribution in [2.45, 2.75) is 31.4 Å². The van der Waals surface area contributed by atoms with Crippen LogP contribution in [0.5, 0.6) is 0 Å². The Morgan fingerprint density at radius 1 is 1.04 bits per heavy atom. The van der Waals surface area contributed by atoms with Crippen molar-refractivity contribution in [3.63, 3.8) is 0 Å². The zero-order valence-corrected chi connectivity index (χ0v) is 15.3. The average molecular weight is 352 g/mol. The highest BCUT2D eigenvalue weighted by Gasteiger charge is 2.47. The summed E-state index contributed by atoms with van der Waals surface area (Å²) in [7, 11) is -3.55. The molecule has 0 N–H and O–H groups in total. The number of hydrogen-bond donors (Lipinski definition) is 0. The molecular weight excluding hydrogens is 332 g/mol. The molecule has 0 fully saturated rings. The average Bonchev–Trinajstić information content (AvgIpc) is 2.60. The zero-order valence-electron chi connectivity index (χ0n) is 14.5. The summed E-state index contributed by atoms with van der Waals surface area (Å²) in [6.45, 7) is 5.76. The van der Waals surface area contributed by atoms with Crippen LogP contribution in [0.15, 0.2) is 60.8 Å². The predicted molar refractivity (Wildman–Crippen MR) is 102 cm³/mol. The summed E-state index contributed by atoms with van der Waals surface area (Å²) >= 11 is 0. The monoisotopic (exact) mass is 352 g/mol. The van der Waals surface area contributed by atoms with E-state index < -0.39 is 20.7 Å². The van der Waals surface area contributed by atoms with E-state index in [1.165, 1.54) is 4.31 Å². The van der Waals surface area contributed by atoms with E-state index in [9.17, 15) is 8.42 Å². The van der Waals surface area contributed by atoms with Crippen LogP contribution in [-0.2, 0) is 15.4 Å². The Balaban J connectivity index is 2.01. The normalized spacial score (nSPS) is 21.1. The van der Waals surface area contributed by atoms with Crippen molar-refractivity contribution in [2.24, 2.45) is 0 Å². The first kappa shape index (κ1) is 16.1. The van der Waals surface area contributed by atoms with Crippen molar-refractivity contribution >= 4 is 32.3 Å². The second kappa shape index (κ2) is 5.30.